The van der Waals surface area contributed by atoms with Gasteiger partial charge in [-0.3, -0.25) is 52.7 Å². The number of aromatic amines is 1. The molecule has 0 radical (unpaired) electrons. The predicted octanol–water partition coefficient (Wildman–Crippen LogP) is -2.29. The molecule has 1 fully saturated rings. The van der Waals surface area contributed by atoms with Crippen LogP contribution in [0.2, 0.25) is 0 Å². The number of carbonyl (C=O) groups excluding carboxylic acids is 10. The maximum atomic E-state index is 14.7. The van der Waals surface area contributed by atoms with Gasteiger partial charge in [0.25, 0.3) is 0 Å². The Bertz CT molecular complexity index is 2600. The summed E-state index contributed by atoms with van der Waals surface area (Å²) in [5, 5.41) is 59.7. The quantitative estimate of drug-likeness (QED) is 0.0345. The molecule has 466 valence electrons. The number of likely N-dealkylation sites (tertiary alicyclic amines) is 1. The predicted molar refractivity (Wildman–Crippen MR) is 301 cm³/mol. The molecule has 1 aliphatic heterocycles. The lowest BCUT2D eigenvalue weighted by atomic mass is 10.0. The highest BCUT2D eigenvalue weighted by Gasteiger charge is 2.41. The van der Waals surface area contributed by atoms with E-state index in [-0.39, 0.29) is 74.5 Å². The van der Waals surface area contributed by atoms with Gasteiger partial charge in [-0.15, -0.1) is 0 Å². The Morgan fingerprint density at radius 3 is 1.60 bits per heavy atom. The van der Waals surface area contributed by atoms with Gasteiger partial charge in [-0.25, -0.2) is 9.78 Å². The van der Waals surface area contributed by atoms with Crippen LogP contribution in [0.25, 0.3) is 0 Å². The van der Waals surface area contributed by atoms with E-state index in [1.165, 1.54) is 41.7 Å². The molecule has 0 bridgehead atoms. The van der Waals surface area contributed by atoms with E-state index in [0.29, 0.717) is 17.7 Å². The molecule has 10 atom stereocenters. The summed E-state index contributed by atoms with van der Waals surface area (Å²) in [5.74, 6) is -13.0. The van der Waals surface area contributed by atoms with Gasteiger partial charge in [0.2, 0.25) is 59.1 Å². The van der Waals surface area contributed by atoms with Gasteiger partial charge in [-0.1, -0.05) is 67.5 Å². The number of nitrogens with zero attached hydrogens (tertiary/aromatic N) is 2. The summed E-state index contributed by atoms with van der Waals surface area (Å²) in [4.78, 5) is 169. The van der Waals surface area contributed by atoms with E-state index in [1.54, 1.807) is 55.4 Å². The molecule has 0 saturated carbocycles. The summed E-state index contributed by atoms with van der Waals surface area (Å²) in [6.45, 7) is 12.7. The van der Waals surface area contributed by atoms with Crippen LogP contribution in [0, 0.1) is 23.7 Å². The molecule has 2 heterocycles. The molecule has 10 amide bonds. The number of aliphatic carboxylic acids is 2. The number of primary amides is 1. The van der Waals surface area contributed by atoms with Crippen molar-refractivity contribution in [2.45, 2.75) is 180 Å². The first-order chi connectivity index (χ1) is 39.4. The monoisotopic (exact) mass is 1180 g/mol. The molecule has 84 heavy (non-hydrogen) atoms. The van der Waals surface area contributed by atoms with Crippen LogP contribution in [0.5, 0.6) is 5.75 Å². The van der Waals surface area contributed by atoms with Crippen LogP contribution in [0.15, 0.2) is 36.8 Å². The second-order valence-corrected chi connectivity index (χ2v) is 22.6. The molecule has 2 aromatic rings. The molecule has 1 aliphatic rings. The zero-order chi connectivity index (χ0) is 63.1. The van der Waals surface area contributed by atoms with E-state index < -0.39 is 157 Å². The van der Waals surface area contributed by atoms with Crippen molar-refractivity contribution < 1.29 is 78.0 Å². The number of aromatic hydroxyl groups is 1. The highest BCUT2D eigenvalue weighted by molar-refractivity contribution is 5.99. The zero-order valence-electron chi connectivity index (χ0n) is 48.8. The van der Waals surface area contributed by atoms with E-state index in [4.69, 9.17) is 11.5 Å². The Labute approximate surface area is 487 Å². The zero-order valence-corrected chi connectivity index (χ0v) is 48.8. The number of aliphatic hydroxyl groups is 1. The third-order valence-electron chi connectivity index (χ3n) is 13.6. The van der Waals surface area contributed by atoms with Crippen LogP contribution in [0.3, 0.4) is 0 Å². The van der Waals surface area contributed by atoms with Gasteiger partial charge in [-0.2, -0.15) is 0 Å². The lowest BCUT2D eigenvalue weighted by Gasteiger charge is -2.31. The van der Waals surface area contributed by atoms with Crippen LogP contribution < -0.4 is 54.0 Å². The summed E-state index contributed by atoms with van der Waals surface area (Å²) >= 11 is 0. The number of aliphatic hydroxyl groups excluding tert-OH is 1. The van der Waals surface area contributed by atoms with Crippen molar-refractivity contribution in [3.8, 4) is 5.75 Å². The molecule has 1 aromatic heterocycles. The first-order valence-corrected chi connectivity index (χ1v) is 28.0. The van der Waals surface area contributed by atoms with Crippen LogP contribution in [0.4, 0.5) is 0 Å². The summed E-state index contributed by atoms with van der Waals surface area (Å²) in [5.41, 5.74) is 12.2. The van der Waals surface area contributed by atoms with E-state index in [1.807, 2.05) is 0 Å². The Morgan fingerprint density at radius 1 is 0.619 bits per heavy atom. The minimum absolute atomic E-state index is 0.0290. The van der Waals surface area contributed by atoms with Gasteiger partial charge in [-0.05, 0) is 79.9 Å². The van der Waals surface area contributed by atoms with Gasteiger partial charge in [0.15, 0.2) is 0 Å². The third kappa shape index (κ3) is 23.2. The van der Waals surface area contributed by atoms with Crippen molar-refractivity contribution in [1.82, 2.24) is 57.4 Å². The number of H-pyrrole nitrogens is 1. The summed E-state index contributed by atoms with van der Waals surface area (Å²) in [6, 6.07) is -8.53. The Kier molecular flexibility index (Phi) is 28.2. The highest BCUT2D eigenvalue weighted by atomic mass is 16.4. The lowest BCUT2D eigenvalue weighted by molar-refractivity contribution is -0.144. The standard InChI is InChI=1S/C55H85N13O16/c1-27(2)18-35(61-46(74)34(15-16-44(72)73)60-51(79)41(25-69)67-48(76)36(19-28(3)4)62-50(78)38(23-43(56)71)64-53(81)45(57)30(7)8)47(75)65-39(22-32-24-58-26-59-32)54(82)68-17-9-10-42(68)52(80)63-37(21-31-11-13-33(70)14-12-31)49(77)66-40(55(83)84)20-29(5)6/h11-14,24,26-30,34-42,45,69-70H,9-10,15-23,25,57H2,1-8H3,(H2,56,71)(H,58,59)(H,60,79)(H,61,74)(H,62,78)(H,63,80)(H,64,81)(H,65,75)(H,66,77)(H,67,76)(H,72,73)(H,83,84)/t34-,35-,36-,37-,38-,39-,40-,41-,42-,45-/m0/s1. The van der Waals surface area contributed by atoms with Gasteiger partial charge >= 0.3 is 11.9 Å². The lowest BCUT2D eigenvalue weighted by Crippen LogP contribution is -2.61. The Morgan fingerprint density at radius 2 is 1.10 bits per heavy atom. The van der Waals surface area contributed by atoms with Crippen molar-refractivity contribution in [1.29, 1.82) is 0 Å². The number of carboxylic acids is 2. The van der Waals surface area contributed by atoms with Gasteiger partial charge in [0.05, 0.1) is 25.4 Å². The molecule has 3 rings (SSSR count). The fraction of sp³-hybridized carbons (Fsp3) is 0.618. The first kappa shape index (κ1) is 70.1. The number of phenolic OH excluding ortho intramolecular Hbond substituents is 1. The number of benzene rings is 1. The maximum absolute atomic E-state index is 14.7. The molecule has 29 nitrogen and oxygen atoms in total. The number of imidazole rings is 1. The van der Waals surface area contributed by atoms with Crippen molar-refractivity contribution in [3.63, 3.8) is 0 Å². The van der Waals surface area contributed by atoms with E-state index in [9.17, 15) is 78.0 Å². The number of hydrogen-bond donors (Lipinski definition) is 15. The second-order valence-electron chi connectivity index (χ2n) is 22.6. The van der Waals surface area contributed by atoms with Crippen LogP contribution in [-0.4, -0.2) is 180 Å². The van der Waals surface area contributed by atoms with E-state index in [0.717, 1.165) is 0 Å². The van der Waals surface area contributed by atoms with Crippen molar-refractivity contribution in [2.75, 3.05) is 13.2 Å². The number of carbonyl (C=O) groups is 12. The largest absolute Gasteiger partial charge is 0.508 e. The number of carboxylic acid groups (broad SMARTS) is 2. The van der Waals surface area contributed by atoms with Crippen LogP contribution in [-0.2, 0) is 70.4 Å². The van der Waals surface area contributed by atoms with E-state index >= 15 is 0 Å². The number of aromatic nitrogens is 2. The third-order valence-corrected chi connectivity index (χ3v) is 13.6. The Balaban J connectivity index is 1.89. The molecule has 0 spiro atoms. The maximum Gasteiger partial charge on any atom is 0.326 e. The van der Waals surface area contributed by atoms with Gasteiger partial charge in [0, 0.05) is 37.7 Å². The molecule has 29 heteroatoms. The SMILES string of the molecule is CC(C)C[C@H](NC(=O)[C@H](Cc1ccc(O)cc1)NC(=O)[C@@H]1CCCN1C(=O)[C@H](Cc1cnc[nH]1)NC(=O)[C@H](CC(C)C)NC(=O)[C@H](CCC(=O)O)NC(=O)[C@H](CO)NC(=O)[C@H](CC(C)C)NC(=O)[C@H](CC(N)=O)NC(=O)[C@@H](N)C(C)C)C(=O)O. The smallest absolute Gasteiger partial charge is 0.326 e. The molecular weight excluding hydrogens is 1100 g/mol. The van der Waals surface area contributed by atoms with Crippen molar-refractivity contribution in [2.24, 2.45) is 35.1 Å². The van der Waals surface area contributed by atoms with Crippen molar-refractivity contribution in [3.05, 3.63) is 48.0 Å². The Hall–Kier alpha value is -8.21. The van der Waals surface area contributed by atoms with Crippen LogP contribution in [0.1, 0.15) is 118 Å². The van der Waals surface area contributed by atoms with Gasteiger partial charge in [0.1, 0.15) is 60.1 Å². The van der Waals surface area contributed by atoms with Crippen LogP contribution >= 0.6 is 0 Å². The number of phenols is 1. The fourth-order valence-corrected chi connectivity index (χ4v) is 9.11. The molecule has 0 unspecified atom stereocenters. The first-order valence-electron chi connectivity index (χ1n) is 28.0. The normalized spacial score (nSPS) is 16.4. The van der Waals surface area contributed by atoms with Crippen molar-refractivity contribution >= 4 is 71.0 Å². The average Bonchev–Trinajstić information content (AvgIpc) is 4.13. The van der Waals surface area contributed by atoms with Gasteiger partial charge < -0.3 is 84.3 Å². The van der Waals surface area contributed by atoms with E-state index in [2.05, 4.69) is 52.5 Å². The number of hydrogen-bond acceptors (Lipinski definition) is 16. The number of amides is 10. The number of rotatable bonds is 35. The number of nitrogens with two attached hydrogens (primary N) is 2. The topological polar surface area (TPSA) is 466 Å². The summed E-state index contributed by atoms with van der Waals surface area (Å²) in [6.07, 6.45) is 0.853. The highest BCUT2D eigenvalue weighted by Crippen LogP contribution is 2.22. The molecular formula is C55H85N13O16. The molecule has 0 aliphatic carbocycles. The number of nitrogens with one attached hydrogen (secondary N) is 9. The minimum atomic E-state index is -1.82. The molecule has 1 aromatic carbocycles. The molecule has 17 N–H and O–H groups in total. The average molecular weight is 1180 g/mol. The molecule has 1 saturated heterocycles. The fourth-order valence-electron chi connectivity index (χ4n) is 9.11. The summed E-state index contributed by atoms with van der Waals surface area (Å²) in [7, 11) is 0. The second kappa shape index (κ2) is 33.8. The minimum Gasteiger partial charge on any atom is -0.508 e. The summed E-state index contributed by atoms with van der Waals surface area (Å²) < 4.78 is 0.